The SMILES string of the molecule is NCc1nc(C(C2CCCC2)n2cccc2)no1. The molecule has 0 aliphatic heterocycles. The summed E-state index contributed by atoms with van der Waals surface area (Å²) < 4.78 is 7.33. The molecule has 5 heteroatoms. The second-order valence-corrected chi connectivity index (χ2v) is 4.87. The standard InChI is InChI=1S/C13H18N4O/c14-9-11-15-13(16-18-11)12(10-5-1-2-6-10)17-7-3-4-8-17/h3-4,7-8,10,12H,1-2,5-6,9,14H2. The van der Waals surface area contributed by atoms with Gasteiger partial charge in [-0.1, -0.05) is 18.0 Å². The van der Waals surface area contributed by atoms with E-state index in [9.17, 15) is 0 Å². The molecule has 0 spiro atoms. The van der Waals surface area contributed by atoms with E-state index < -0.39 is 0 Å². The lowest BCUT2D eigenvalue weighted by Gasteiger charge is -2.21. The van der Waals surface area contributed by atoms with Gasteiger partial charge in [-0.15, -0.1) is 0 Å². The van der Waals surface area contributed by atoms with Crippen LogP contribution in [0.4, 0.5) is 0 Å². The number of nitrogens with zero attached hydrogens (tertiary/aromatic N) is 3. The van der Waals surface area contributed by atoms with Gasteiger partial charge in [0, 0.05) is 12.4 Å². The maximum Gasteiger partial charge on any atom is 0.240 e. The van der Waals surface area contributed by atoms with E-state index in [1.54, 1.807) is 0 Å². The van der Waals surface area contributed by atoms with E-state index in [1.807, 2.05) is 12.1 Å². The van der Waals surface area contributed by atoms with Crippen LogP contribution in [-0.2, 0) is 6.54 Å². The van der Waals surface area contributed by atoms with Crippen molar-refractivity contribution < 1.29 is 4.52 Å². The van der Waals surface area contributed by atoms with E-state index in [4.69, 9.17) is 10.3 Å². The van der Waals surface area contributed by atoms with Gasteiger partial charge in [0.2, 0.25) is 5.89 Å². The van der Waals surface area contributed by atoms with E-state index in [2.05, 4.69) is 27.1 Å². The van der Waals surface area contributed by atoms with Gasteiger partial charge >= 0.3 is 0 Å². The average molecular weight is 246 g/mol. The third-order valence-corrected chi connectivity index (χ3v) is 3.72. The summed E-state index contributed by atoms with van der Waals surface area (Å²) in [7, 11) is 0. The molecule has 2 aromatic heterocycles. The van der Waals surface area contributed by atoms with Gasteiger partial charge in [0.05, 0.1) is 12.6 Å². The first-order valence-corrected chi connectivity index (χ1v) is 6.53. The maximum absolute atomic E-state index is 5.53. The lowest BCUT2D eigenvalue weighted by Crippen LogP contribution is -2.19. The first-order valence-electron chi connectivity index (χ1n) is 6.53. The minimum Gasteiger partial charge on any atom is -0.343 e. The highest BCUT2D eigenvalue weighted by Crippen LogP contribution is 2.37. The average Bonchev–Trinajstić information content (AvgIpc) is 3.13. The van der Waals surface area contributed by atoms with E-state index in [-0.39, 0.29) is 6.04 Å². The topological polar surface area (TPSA) is 69.9 Å². The zero-order valence-corrected chi connectivity index (χ0v) is 10.3. The lowest BCUT2D eigenvalue weighted by molar-refractivity contribution is 0.336. The molecular weight excluding hydrogens is 228 g/mol. The van der Waals surface area contributed by atoms with Gasteiger partial charge in [0.1, 0.15) is 0 Å². The Balaban J connectivity index is 1.93. The molecular formula is C13H18N4O. The Labute approximate surface area is 106 Å². The minimum atomic E-state index is 0.187. The predicted molar refractivity (Wildman–Crippen MR) is 66.7 cm³/mol. The van der Waals surface area contributed by atoms with Gasteiger partial charge in [-0.25, -0.2) is 0 Å². The number of hydrogen-bond donors (Lipinski definition) is 1. The minimum absolute atomic E-state index is 0.187. The monoisotopic (exact) mass is 246 g/mol. The molecule has 2 heterocycles. The molecule has 3 rings (SSSR count). The van der Waals surface area contributed by atoms with Gasteiger partial charge in [0.25, 0.3) is 0 Å². The van der Waals surface area contributed by atoms with Crippen LogP contribution in [0.3, 0.4) is 0 Å². The van der Waals surface area contributed by atoms with Gasteiger partial charge in [-0.3, -0.25) is 0 Å². The molecule has 1 saturated carbocycles. The molecule has 1 atom stereocenters. The lowest BCUT2D eigenvalue weighted by atomic mass is 9.97. The van der Waals surface area contributed by atoms with Crippen molar-refractivity contribution in [2.45, 2.75) is 38.3 Å². The summed E-state index contributed by atoms with van der Waals surface area (Å²) in [5, 5.41) is 4.10. The van der Waals surface area contributed by atoms with Crippen LogP contribution in [0.1, 0.15) is 43.4 Å². The Morgan fingerprint density at radius 2 is 2.06 bits per heavy atom. The third kappa shape index (κ3) is 2.06. The fourth-order valence-electron chi connectivity index (χ4n) is 2.87. The summed E-state index contributed by atoms with van der Waals surface area (Å²) in [4.78, 5) is 4.41. The molecule has 0 bridgehead atoms. The van der Waals surface area contributed by atoms with Crippen LogP contribution in [-0.4, -0.2) is 14.7 Å². The van der Waals surface area contributed by atoms with Crippen LogP contribution in [0.25, 0.3) is 0 Å². The van der Waals surface area contributed by atoms with Crippen LogP contribution < -0.4 is 5.73 Å². The number of rotatable bonds is 4. The fraction of sp³-hybridized carbons (Fsp3) is 0.538. The van der Waals surface area contributed by atoms with Crippen molar-refractivity contribution >= 4 is 0 Å². The summed E-state index contributed by atoms with van der Waals surface area (Å²) in [6.45, 7) is 0.302. The van der Waals surface area contributed by atoms with E-state index in [0.717, 1.165) is 5.82 Å². The molecule has 1 fully saturated rings. The van der Waals surface area contributed by atoms with Crippen LogP contribution in [0.2, 0.25) is 0 Å². The smallest absolute Gasteiger partial charge is 0.240 e. The van der Waals surface area contributed by atoms with Crippen LogP contribution in [0.15, 0.2) is 29.0 Å². The van der Waals surface area contributed by atoms with Crippen molar-refractivity contribution in [1.82, 2.24) is 14.7 Å². The van der Waals surface area contributed by atoms with E-state index >= 15 is 0 Å². The first kappa shape index (κ1) is 11.5. The molecule has 1 aliphatic carbocycles. The predicted octanol–water partition coefficient (Wildman–Crippen LogP) is 2.11. The first-order chi connectivity index (χ1) is 8.88. The highest BCUT2D eigenvalue weighted by Gasteiger charge is 2.30. The summed E-state index contributed by atoms with van der Waals surface area (Å²) in [5.41, 5.74) is 5.53. The summed E-state index contributed by atoms with van der Waals surface area (Å²) >= 11 is 0. The molecule has 2 N–H and O–H groups in total. The van der Waals surface area contributed by atoms with Crippen molar-refractivity contribution in [2.75, 3.05) is 0 Å². The van der Waals surface area contributed by atoms with Crippen molar-refractivity contribution in [3.05, 3.63) is 36.2 Å². The molecule has 1 unspecified atom stereocenters. The number of hydrogen-bond acceptors (Lipinski definition) is 4. The zero-order chi connectivity index (χ0) is 12.4. The van der Waals surface area contributed by atoms with E-state index in [0.29, 0.717) is 18.4 Å². The van der Waals surface area contributed by atoms with Crippen molar-refractivity contribution in [3.8, 4) is 0 Å². The fourth-order valence-corrected chi connectivity index (χ4v) is 2.87. The van der Waals surface area contributed by atoms with Gasteiger partial charge < -0.3 is 14.8 Å². The summed E-state index contributed by atoms with van der Waals surface area (Å²) in [6, 6.07) is 4.25. The zero-order valence-electron chi connectivity index (χ0n) is 10.3. The quantitative estimate of drug-likeness (QED) is 0.897. The van der Waals surface area contributed by atoms with Crippen molar-refractivity contribution in [3.63, 3.8) is 0 Å². The van der Waals surface area contributed by atoms with Crippen LogP contribution in [0, 0.1) is 5.92 Å². The molecule has 0 aromatic carbocycles. The third-order valence-electron chi connectivity index (χ3n) is 3.72. The Kier molecular flexibility index (Phi) is 3.15. The Morgan fingerprint density at radius 1 is 1.33 bits per heavy atom. The Hall–Kier alpha value is -1.62. The van der Waals surface area contributed by atoms with Crippen molar-refractivity contribution in [1.29, 1.82) is 0 Å². The molecule has 1 aliphatic rings. The normalized spacial score (nSPS) is 18.3. The summed E-state index contributed by atoms with van der Waals surface area (Å²) in [6.07, 6.45) is 9.20. The molecule has 0 radical (unpaired) electrons. The number of aromatic nitrogens is 3. The maximum atomic E-state index is 5.53. The molecule has 18 heavy (non-hydrogen) atoms. The number of nitrogens with two attached hydrogens (primary N) is 1. The molecule has 0 saturated heterocycles. The van der Waals surface area contributed by atoms with Crippen molar-refractivity contribution in [2.24, 2.45) is 11.7 Å². The molecule has 0 amide bonds. The van der Waals surface area contributed by atoms with Crippen LogP contribution >= 0.6 is 0 Å². The molecule has 96 valence electrons. The van der Waals surface area contributed by atoms with Gasteiger partial charge in [-0.05, 0) is 30.9 Å². The largest absolute Gasteiger partial charge is 0.343 e. The second kappa shape index (κ2) is 4.94. The highest BCUT2D eigenvalue weighted by atomic mass is 16.5. The summed E-state index contributed by atoms with van der Waals surface area (Å²) in [5.74, 6) is 1.87. The second-order valence-electron chi connectivity index (χ2n) is 4.87. The Morgan fingerprint density at radius 3 is 2.67 bits per heavy atom. The molecule has 2 aromatic rings. The van der Waals surface area contributed by atoms with Gasteiger partial charge in [-0.2, -0.15) is 4.98 Å². The molecule has 5 nitrogen and oxygen atoms in total. The van der Waals surface area contributed by atoms with Crippen LogP contribution in [0.5, 0.6) is 0 Å². The highest BCUT2D eigenvalue weighted by molar-refractivity contribution is 5.05. The van der Waals surface area contributed by atoms with Gasteiger partial charge in [0.15, 0.2) is 5.82 Å². The van der Waals surface area contributed by atoms with E-state index in [1.165, 1.54) is 25.7 Å². The Bertz CT molecular complexity index is 485.